The van der Waals surface area contributed by atoms with Crippen LogP contribution < -0.4 is 10.1 Å². The normalized spacial score (nSPS) is 10.2. The van der Waals surface area contributed by atoms with Crippen LogP contribution in [-0.2, 0) is 0 Å². The number of halogens is 1. The summed E-state index contributed by atoms with van der Waals surface area (Å²) in [6.45, 7) is 1.80. The van der Waals surface area contributed by atoms with Gasteiger partial charge in [-0.15, -0.1) is 0 Å². The fourth-order valence-corrected chi connectivity index (χ4v) is 1.83. The van der Waals surface area contributed by atoms with Gasteiger partial charge >= 0.3 is 0 Å². The molecule has 0 aliphatic carbocycles. The van der Waals surface area contributed by atoms with E-state index < -0.39 is 4.92 Å². The first-order valence-corrected chi connectivity index (χ1v) is 6.44. The number of ether oxygens (including phenoxy) is 1. The standard InChI is InChI=1S/C12H11BrN4O3/c1-7-5-11(16-12(14-2)15-7)20-10-6-8(17(18)19)3-4-9(10)13/h3-6H,1-2H3,(H,14,15,16). The molecule has 1 aromatic carbocycles. The Balaban J connectivity index is 2.36. The van der Waals surface area contributed by atoms with Gasteiger partial charge in [-0.25, -0.2) is 4.98 Å². The molecule has 0 spiro atoms. The predicted molar refractivity (Wildman–Crippen MR) is 77.2 cm³/mol. The van der Waals surface area contributed by atoms with E-state index in [4.69, 9.17) is 4.74 Å². The van der Waals surface area contributed by atoms with Crippen molar-refractivity contribution in [2.24, 2.45) is 0 Å². The summed E-state index contributed by atoms with van der Waals surface area (Å²) in [4.78, 5) is 18.6. The topological polar surface area (TPSA) is 90.2 Å². The second-order valence-electron chi connectivity index (χ2n) is 3.90. The molecule has 0 radical (unpaired) electrons. The summed E-state index contributed by atoms with van der Waals surface area (Å²) in [5, 5.41) is 13.6. The molecule has 2 rings (SSSR count). The molecule has 104 valence electrons. The van der Waals surface area contributed by atoms with Crippen LogP contribution in [0.25, 0.3) is 0 Å². The monoisotopic (exact) mass is 338 g/mol. The first-order chi connectivity index (χ1) is 9.49. The highest BCUT2D eigenvalue weighted by molar-refractivity contribution is 9.10. The summed E-state index contributed by atoms with van der Waals surface area (Å²) < 4.78 is 6.18. The van der Waals surface area contributed by atoms with Gasteiger partial charge in [0.05, 0.1) is 15.5 Å². The van der Waals surface area contributed by atoms with Crippen molar-refractivity contribution in [3.05, 3.63) is 44.5 Å². The molecule has 2 aromatic rings. The minimum atomic E-state index is -0.483. The molecule has 1 N–H and O–H groups in total. The summed E-state index contributed by atoms with van der Waals surface area (Å²) in [6.07, 6.45) is 0. The van der Waals surface area contributed by atoms with Crippen LogP contribution in [-0.4, -0.2) is 21.9 Å². The van der Waals surface area contributed by atoms with E-state index in [0.29, 0.717) is 22.1 Å². The van der Waals surface area contributed by atoms with E-state index in [1.807, 2.05) is 0 Å². The van der Waals surface area contributed by atoms with Crippen molar-refractivity contribution < 1.29 is 9.66 Å². The van der Waals surface area contributed by atoms with Crippen LogP contribution in [0.15, 0.2) is 28.7 Å². The Hall–Kier alpha value is -2.22. The quantitative estimate of drug-likeness (QED) is 0.679. The van der Waals surface area contributed by atoms with Gasteiger partial charge in [0.25, 0.3) is 5.69 Å². The summed E-state index contributed by atoms with van der Waals surface area (Å²) in [5.41, 5.74) is 0.670. The van der Waals surface area contributed by atoms with Gasteiger partial charge in [0.2, 0.25) is 11.8 Å². The molecule has 0 aliphatic rings. The number of anilines is 1. The van der Waals surface area contributed by atoms with E-state index in [2.05, 4.69) is 31.2 Å². The number of hydrogen-bond acceptors (Lipinski definition) is 6. The van der Waals surface area contributed by atoms with E-state index in [0.717, 1.165) is 5.69 Å². The maximum atomic E-state index is 10.8. The molecule has 0 aliphatic heterocycles. The van der Waals surface area contributed by atoms with Gasteiger partial charge in [0.15, 0.2) is 5.75 Å². The molecule has 0 bridgehead atoms. The number of nitrogens with one attached hydrogen (secondary N) is 1. The molecule has 0 saturated heterocycles. The first-order valence-electron chi connectivity index (χ1n) is 5.65. The second-order valence-corrected chi connectivity index (χ2v) is 4.75. The number of nitrogens with zero attached hydrogens (tertiary/aromatic N) is 3. The largest absolute Gasteiger partial charge is 0.437 e. The van der Waals surface area contributed by atoms with E-state index in [1.165, 1.54) is 12.1 Å². The SMILES string of the molecule is CNc1nc(C)cc(Oc2cc([N+](=O)[O-])ccc2Br)n1. The minimum absolute atomic E-state index is 0.0529. The third-order valence-electron chi connectivity index (χ3n) is 2.39. The van der Waals surface area contributed by atoms with Crippen LogP contribution in [0.3, 0.4) is 0 Å². The van der Waals surface area contributed by atoms with Crippen LogP contribution in [0.4, 0.5) is 11.6 Å². The second kappa shape index (κ2) is 5.83. The zero-order valence-corrected chi connectivity index (χ0v) is 12.3. The molecular weight excluding hydrogens is 328 g/mol. The average molecular weight is 339 g/mol. The number of hydrogen-bond donors (Lipinski definition) is 1. The number of benzene rings is 1. The molecule has 20 heavy (non-hydrogen) atoms. The van der Waals surface area contributed by atoms with Gasteiger partial charge in [-0.05, 0) is 28.9 Å². The molecule has 0 unspecified atom stereocenters. The van der Waals surface area contributed by atoms with Crippen molar-refractivity contribution in [3.8, 4) is 11.6 Å². The summed E-state index contributed by atoms with van der Waals surface area (Å²) in [6, 6.07) is 5.92. The molecule has 0 atom stereocenters. The van der Waals surface area contributed by atoms with Gasteiger partial charge in [-0.3, -0.25) is 10.1 Å². The van der Waals surface area contributed by atoms with Crippen LogP contribution in [0.2, 0.25) is 0 Å². The fourth-order valence-electron chi connectivity index (χ4n) is 1.50. The van der Waals surface area contributed by atoms with Crippen molar-refractivity contribution in [1.29, 1.82) is 0 Å². The minimum Gasteiger partial charge on any atom is -0.437 e. The Labute approximate surface area is 123 Å². The highest BCUT2D eigenvalue weighted by Gasteiger charge is 2.12. The number of nitro benzene ring substituents is 1. The Kier molecular flexibility index (Phi) is 4.14. The lowest BCUT2D eigenvalue weighted by molar-refractivity contribution is -0.384. The van der Waals surface area contributed by atoms with Gasteiger partial charge < -0.3 is 10.1 Å². The molecule has 1 aromatic heterocycles. The molecular formula is C12H11BrN4O3. The lowest BCUT2D eigenvalue weighted by atomic mass is 10.3. The lowest BCUT2D eigenvalue weighted by Gasteiger charge is -2.08. The van der Waals surface area contributed by atoms with E-state index >= 15 is 0 Å². The fraction of sp³-hybridized carbons (Fsp3) is 0.167. The van der Waals surface area contributed by atoms with Crippen molar-refractivity contribution >= 4 is 27.6 Å². The smallest absolute Gasteiger partial charge is 0.273 e. The van der Waals surface area contributed by atoms with Crippen LogP contribution in [0, 0.1) is 17.0 Å². The first kappa shape index (κ1) is 14.2. The molecule has 1 heterocycles. The van der Waals surface area contributed by atoms with Gasteiger partial charge in [-0.2, -0.15) is 4.98 Å². The van der Waals surface area contributed by atoms with Crippen molar-refractivity contribution in [3.63, 3.8) is 0 Å². The molecule has 8 heteroatoms. The highest BCUT2D eigenvalue weighted by Crippen LogP contribution is 2.32. The predicted octanol–water partition coefficient (Wildman–Crippen LogP) is 3.29. The Morgan fingerprint density at radius 1 is 1.35 bits per heavy atom. The van der Waals surface area contributed by atoms with Crippen molar-refractivity contribution in [2.75, 3.05) is 12.4 Å². The molecule has 0 saturated carbocycles. The van der Waals surface area contributed by atoms with Crippen molar-refractivity contribution in [2.45, 2.75) is 6.92 Å². The van der Waals surface area contributed by atoms with Crippen LogP contribution >= 0.6 is 15.9 Å². The van der Waals surface area contributed by atoms with Crippen LogP contribution in [0.5, 0.6) is 11.6 Å². The Bertz CT molecular complexity index is 663. The molecule has 0 fully saturated rings. The average Bonchev–Trinajstić information content (AvgIpc) is 2.40. The van der Waals surface area contributed by atoms with E-state index in [1.54, 1.807) is 26.1 Å². The number of nitro groups is 1. The maximum Gasteiger partial charge on any atom is 0.273 e. The molecule has 7 nitrogen and oxygen atoms in total. The van der Waals surface area contributed by atoms with Gasteiger partial charge in [0.1, 0.15) is 0 Å². The number of non-ortho nitro benzene ring substituents is 1. The summed E-state index contributed by atoms with van der Waals surface area (Å²) in [5.74, 6) is 1.05. The van der Waals surface area contributed by atoms with E-state index in [9.17, 15) is 10.1 Å². The number of aromatic nitrogens is 2. The van der Waals surface area contributed by atoms with Crippen LogP contribution in [0.1, 0.15) is 5.69 Å². The number of rotatable bonds is 4. The zero-order chi connectivity index (χ0) is 14.7. The van der Waals surface area contributed by atoms with Gasteiger partial charge in [0, 0.05) is 24.9 Å². The zero-order valence-electron chi connectivity index (χ0n) is 10.8. The lowest BCUT2D eigenvalue weighted by Crippen LogP contribution is -2.00. The summed E-state index contributed by atoms with van der Waals surface area (Å²) >= 11 is 3.28. The van der Waals surface area contributed by atoms with Crippen molar-refractivity contribution in [1.82, 2.24) is 9.97 Å². The van der Waals surface area contributed by atoms with E-state index in [-0.39, 0.29) is 5.69 Å². The Morgan fingerprint density at radius 2 is 2.10 bits per heavy atom. The third kappa shape index (κ3) is 3.21. The summed E-state index contributed by atoms with van der Waals surface area (Å²) in [7, 11) is 1.70. The third-order valence-corrected chi connectivity index (χ3v) is 3.05. The Morgan fingerprint density at radius 3 is 2.75 bits per heavy atom. The van der Waals surface area contributed by atoms with Gasteiger partial charge in [-0.1, -0.05) is 0 Å². The highest BCUT2D eigenvalue weighted by atomic mass is 79.9. The maximum absolute atomic E-state index is 10.8. The number of aryl methyl sites for hydroxylation is 1. The molecule has 0 amide bonds.